The van der Waals surface area contributed by atoms with Gasteiger partial charge in [0.25, 0.3) is 0 Å². The molecule has 1 aliphatic heterocycles. The molecule has 110 valence electrons. The maximum absolute atomic E-state index is 11.9. The fourth-order valence-electron chi connectivity index (χ4n) is 1.95. The van der Waals surface area contributed by atoms with E-state index in [1.54, 1.807) is 6.92 Å². The van der Waals surface area contributed by atoms with Crippen LogP contribution in [-0.2, 0) is 14.3 Å². The molecule has 0 spiro atoms. The van der Waals surface area contributed by atoms with E-state index in [9.17, 15) is 9.59 Å². The zero-order valence-electron chi connectivity index (χ0n) is 12.0. The maximum Gasteiger partial charge on any atom is 0.305 e. The van der Waals surface area contributed by atoms with Crippen molar-refractivity contribution in [2.24, 2.45) is 0 Å². The van der Waals surface area contributed by atoms with Gasteiger partial charge in [0.1, 0.15) is 0 Å². The second-order valence-corrected chi connectivity index (χ2v) is 4.77. The first-order chi connectivity index (χ1) is 9.13. The number of likely N-dealkylation sites (N-methyl/N-ethyl adjacent to an activating group) is 1. The van der Waals surface area contributed by atoms with Gasteiger partial charge in [-0.25, -0.2) is 0 Å². The zero-order valence-corrected chi connectivity index (χ0v) is 12.0. The fraction of sp³-hybridized carbons (Fsp3) is 0.846. The summed E-state index contributed by atoms with van der Waals surface area (Å²) >= 11 is 0. The number of piperazine rings is 1. The van der Waals surface area contributed by atoms with Crippen LogP contribution in [0.15, 0.2) is 0 Å². The van der Waals surface area contributed by atoms with Crippen molar-refractivity contribution in [3.05, 3.63) is 0 Å². The number of carbonyl (C=O) groups is 2. The minimum absolute atomic E-state index is 0.143. The first-order valence-corrected chi connectivity index (χ1v) is 6.96. The first kappa shape index (κ1) is 15.9. The van der Waals surface area contributed by atoms with Gasteiger partial charge < -0.3 is 19.9 Å². The second-order valence-electron chi connectivity index (χ2n) is 4.77. The predicted molar refractivity (Wildman–Crippen MR) is 72.8 cm³/mol. The summed E-state index contributed by atoms with van der Waals surface area (Å²) in [5, 5.41) is 3.08. The van der Waals surface area contributed by atoms with Gasteiger partial charge in [-0.2, -0.15) is 0 Å². The molecule has 0 saturated carbocycles. The number of amides is 1. The summed E-state index contributed by atoms with van der Waals surface area (Å²) in [4.78, 5) is 27.1. The number of esters is 1. The molecular formula is C13H25N3O3. The highest BCUT2D eigenvalue weighted by Crippen LogP contribution is 1.99. The number of hydrogen-bond acceptors (Lipinski definition) is 5. The Morgan fingerprint density at radius 3 is 2.53 bits per heavy atom. The summed E-state index contributed by atoms with van der Waals surface area (Å²) < 4.78 is 4.83. The van der Waals surface area contributed by atoms with E-state index in [2.05, 4.69) is 17.3 Å². The predicted octanol–water partition coefficient (Wildman–Crippen LogP) is -0.307. The summed E-state index contributed by atoms with van der Waals surface area (Å²) in [6.45, 7) is 6.73. The van der Waals surface area contributed by atoms with E-state index in [1.165, 1.54) is 0 Å². The van der Waals surface area contributed by atoms with E-state index in [1.807, 2.05) is 4.90 Å². The van der Waals surface area contributed by atoms with Gasteiger partial charge >= 0.3 is 5.97 Å². The van der Waals surface area contributed by atoms with E-state index in [0.717, 1.165) is 26.2 Å². The number of hydrogen-bond donors (Lipinski definition) is 1. The van der Waals surface area contributed by atoms with E-state index >= 15 is 0 Å². The first-order valence-electron chi connectivity index (χ1n) is 6.96. The third-order valence-corrected chi connectivity index (χ3v) is 3.17. The minimum Gasteiger partial charge on any atom is -0.466 e. The number of ether oxygens (including phenoxy) is 1. The van der Waals surface area contributed by atoms with Crippen molar-refractivity contribution in [3.8, 4) is 0 Å². The van der Waals surface area contributed by atoms with E-state index in [4.69, 9.17) is 4.74 Å². The van der Waals surface area contributed by atoms with Crippen LogP contribution in [0.25, 0.3) is 0 Å². The van der Waals surface area contributed by atoms with Crippen molar-refractivity contribution in [1.82, 2.24) is 15.1 Å². The van der Waals surface area contributed by atoms with Crippen molar-refractivity contribution < 1.29 is 14.3 Å². The lowest BCUT2D eigenvalue weighted by molar-refractivity contribution is -0.143. The molecule has 0 unspecified atom stereocenters. The average molecular weight is 271 g/mol. The Kier molecular flexibility index (Phi) is 7.43. The molecule has 6 nitrogen and oxygen atoms in total. The average Bonchev–Trinajstić information content (AvgIpc) is 2.39. The van der Waals surface area contributed by atoms with Crippen molar-refractivity contribution >= 4 is 11.9 Å². The molecule has 0 atom stereocenters. The lowest BCUT2D eigenvalue weighted by Gasteiger charge is -2.32. The standard InChI is InChI=1S/C13H25N3O3/c1-3-19-13(18)5-4-6-14-11-12(17)16-9-7-15(2)8-10-16/h14H,3-11H2,1-2H3. The van der Waals surface area contributed by atoms with Crippen LogP contribution < -0.4 is 5.32 Å². The van der Waals surface area contributed by atoms with Gasteiger partial charge in [-0.15, -0.1) is 0 Å². The second kappa shape index (κ2) is 8.87. The van der Waals surface area contributed by atoms with E-state index in [0.29, 0.717) is 32.5 Å². The number of nitrogens with one attached hydrogen (secondary N) is 1. The van der Waals surface area contributed by atoms with Crippen molar-refractivity contribution in [1.29, 1.82) is 0 Å². The van der Waals surface area contributed by atoms with Crippen molar-refractivity contribution in [3.63, 3.8) is 0 Å². The van der Waals surface area contributed by atoms with Gasteiger partial charge in [-0.1, -0.05) is 0 Å². The van der Waals surface area contributed by atoms with Crippen LogP contribution in [0.4, 0.5) is 0 Å². The lowest BCUT2D eigenvalue weighted by Crippen LogP contribution is -2.49. The van der Waals surface area contributed by atoms with Gasteiger partial charge in [0.2, 0.25) is 5.91 Å². The van der Waals surface area contributed by atoms with Crippen molar-refractivity contribution in [2.45, 2.75) is 19.8 Å². The molecule has 1 N–H and O–H groups in total. The Hall–Kier alpha value is -1.14. The van der Waals surface area contributed by atoms with Gasteiger partial charge in [-0.3, -0.25) is 9.59 Å². The van der Waals surface area contributed by atoms with Crippen LogP contribution in [0.2, 0.25) is 0 Å². The van der Waals surface area contributed by atoms with Crippen LogP contribution in [0.1, 0.15) is 19.8 Å². The quantitative estimate of drug-likeness (QED) is 0.508. The molecule has 1 heterocycles. The smallest absolute Gasteiger partial charge is 0.305 e. The molecule has 0 aromatic rings. The van der Waals surface area contributed by atoms with E-state index in [-0.39, 0.29) is 11.9 Å². The summed E-state index contributed by atoms with van der Waals surface area (Å²) in [5.41, 5.74) is 0. The molecular weight excluding hydrogens is 246 g/mol. The molecule has 0 aromatic heterocycles. The number of carbonyl (C=O) groups excluding carboxylic acids is 2. The minimum atomic E-state index is -0.172. The van der Waals surface area contributed by atoms with Gasteiger partial charge in [0.15, 0.2) is 0 Å². The molecule has 19 heavy (non-hydrogen) atoms. The SMILES string of the molecule is CCOC(=O)CCCNCC(=O)N1CCN(C)CC1. The van der Waals surface area contributed by atoms with Gasteiger partial charge in [-0.05, 0) is 26.9 Å². The summed E-state index contributed by atoms with van der Waals surface area (Å²) in [7, 11) is 2.06. The molecule has 1 saturated heterocycles. The molecule has 0 radical (unpaired) electrons. The summed E-state index contributed by atoms with van der Waals surface area (Å²) in [6, 6.07) is 0. The maximum atomic E-state index is 11.9. The zero-order chi connectivity index (χ0) is 14.1. The highest BCUT2D eigenvalue weighted by Gasteiger charge is 2.18. The Balaban J connectivity index is 2.03. The number of rotatable bonds is 7. The highest BCUT2D eigenvalue weighted by molar-refractivity contribution is 5.78. The Labute approximate surface area is 115 Å². The molecule has 1 rings (SSSR count). The normalized spacial score (nSPS) is 16.4. The highest BCUT2D eigenvalue weighted by atomic mass is 16.5. The van der Waals surface area contributed by atoms with Crippen LogP contribution in [0.3, 0.4) is 0 Å². The topological polar surface area (TPSA) is 61.9 Å². The monoisotopic (exact) mass is 271 g/mol. The lowest BCUT2D eigenvalue weighted by atomic mass is 10.3. The largest absolute Gasteiger partial charge is 0.466 e. The molecule has 0 aromatic carbocycles. The summed E-state index contributed by atoms with van der Waals surface area (Å²) in [5.74, 6) is -0.0288. The Bertz CT molecular complexity index is 289. The van der Waals surface area contributed by atoms with Crippen LogP contribution in [0, 0.1) is 0 Å². The Morgan fingerprint density at radius 1 is 1.21 bits per heavy atom. The molecule has 1 fully saturated rings. The molecule has 0 aliphatic carbocycles. The Morgan fingerprint density at radius 2 is 1.89 bits per heavy atom. The fourth-order valence-corrected chi connectivity index (χ4v) is 1.95. The van der Waals surface area contributed by atoms with Gasteiger partial charge in [0, 0.05) is 32.6 Å². The van der Waals surface area contributed by atoms with Gasteiger partial charge in [0.05, 0.1) is 13.2 Å². The molecule has 6 heteroatoms. The molecule has 1 amide bonds. The van der Waals surface area contributed by atoms with Crippen LogP contribution in [0.5, 0.6) is 0 Å². The summed E-state index contributed by atoms with van der Waals surface area (Å²) in [6.07, 6.45) is 1.11. The molecule has 0 bridgehead atoms. The molecule has 1 aliphatic rings. The van der Waals surface area contributed by atoms with Crippen molar-refractivity contribution in [2.75, 3.05) is 52.9 Å². The third kappa shape index (κ3) is 6.54. The van der Waals surface area contributed by atoms with Crippen LogP contribution >= 0.6 is 0 Å². The van der Waals surface area contributed by atoms with E-state index < -0.39 is 0 Å². The van der Waals surface area contributed by atoms with Crippen LogP contribution in [-0.4, -0.2) is 74.6 Å². The number of nitrogens with zero attached hydrogens (tertiary/aromatic N) is 2. The third-order valence-electron chi connectivity index (χ3n) is 3.17.